The Morgan fingerprint density at radius 1 is 1.12 bits per heavy atom. The first-order chi connectivity index (χ1) is 16.2. The number of carbonyl (C=O) groups excluding carboxylic acids is 1. The van der Waals surface area contributed by atoms with Gasteiger partial charge in [0.2, 0.25) is 5.91 Å². The summed E-state index contributed by atoms with van der Waals surface area (Å²) in [6, 6.07) is 7.08. The number of fused-ring (bicyclic) bond motifs is 5. The lowest BCUT2D eigenvalue weighted by Gasteiger charge is -2.23. The summed E-state index contributed by atoms with van der Waals surface area (Å²) in [5.74, 6) is -0.234. The topological polar surface area (TPSA) is 80.2 Å². The van der Waals surface area contributed by atoms with Gasteiger partial charge in [0.15, 0.2) is 5.82 Å². The van der Waals surface area contributed by atoms with Gasteiger partial charge in [0, 0.05) is 30.6 Å². The summed E-state index contributed by atoms with van der Waals surface area (Å²) < 4.78 is 49.3. The monoisotopic (exact) mass is 467 g/mol. The second-order valence-corrected chi connectivity index (χ2v) is 8.06. The molecule has 0 unspecified atom stereocenters. The Labute approximate surface area is 193 Å². The van der Waals surface area contributed by atoms with Gasteiger partial charge in [-0.3, -0.25) is 9.69 Å². The first-order valence-corrected chi connectivity index (χ1v) is 10.7. The highest BCUT2D eigenvalue weighted by atomic mass is 19.4. The van der Waals surface area contributed by atoms with E-state index >= 15 is 0 Å². The van der Waals surface area contributed by atoms with E-state index in [1.165, 1.54) is 6.20 Å². The number of alkyl halides is 3. The predicted octanol–water partition coefficient (Wildman–Crippen LogP) is 5.05. The van der Waals surface area contributed by atoms with Crippen LogP contribution in [0.1, 0.15) is 36.2 Å². The second-order valence-electron chi connectivity index (χ2n) is 8.06. The van der Waals surface area contributed by atoms with Gasteiger partial charge in [-0.15, -0.1) is 0 Å². The van der Waals surface area contributed by atoms with E-state index < -0.39 is 23.5 Å². The molecule has 1 saturated heterocycles. The average molecular weight is 467 g/mol. The zero-order valence-electron chi connectivity index (χ0n) is 18.1. The first kappa shape index (κ1) is 21.9. The fourth-order valence-electron chi connectivity index (χ4n) is 4.16. The largest absolute Gasteiger partial charge is 0.493 e. The van der Waals surface area contributed by atoms with Crippen LogP contribution in [0.4, 0.5) is 24.8 Å². The molecule has 5 rings (SSSR count). The number of para-hydroxylation sites is 1. The van der Waals surface area contributed by atoms with Crippen molar-refractivity contribution in [3.63, 3.8) is 0 Å². The smallest absolute Gasteiger partial charge is 0.420 e. The number of pyridine rings is 1. The number of rotatable bonds is 1. The third-order valence-corrected chi connectivity index (χ3v) is 5.79. The molecule has 2 aliphatic rings. The highest BCUT2D eigenvalue weighted by Crippen LogP contribution is 2.44. The molecule has 0 saturated carbocycles. The summed E-state index contributed by atoms with van der Waals surface area (Å²) in [4.78, 5) is 26.1. The molecule has 1 N–H and O–H groups in total. The minimum absolute atomic E-state index is 0.0161. The Hall–Kier alpha value is -3.95. The maximum absolute atomic E-state index is 14.5. The molecule has 0 spiro atoms. The number of ether oxygens (including phenoxy) is 1. The summed E-state index contributed by atoms with van der Waals surface area (Å²) in [7, 11) is 0. The van der Waals surface area contributed by atoms with E-state index in [1.807, 2.05) is 0 Å². The molecule has 4 heterocycles. The van der Waals surface area contributed by atoms with Gasteiger partial charge < -0.3 is 10.1 Å². The van der Waals surface area contributed by atoms with Crippen molar-refractivity contribution >= 4 is 39.7 Å². The van der Waals surface area contributed by atoms with E-state index in [4.69, 9.17) is 4.74 Å². The van der Waals surface area contributed by atoms with Crippen LogP contribution in [-0.4, -0.2) is 34.0 Å². The van der Waals surface area contributed by atoms with Crippen molar-refractivity contribution in [2.24, 2.45) is 0 Å². The Bertz CT molecular complexity index is 1350. The van der Waals surface area contributed by atoms with Crippen LogP contribution in [-0.2, 0) is 11.0 Å². The Morgan fingerprint density at radius 2 is 1.91 bits per heavy atom. The van der Waals surface area contributed by atoms with Crippen LogP contribution in [0.15, 0.2) is 43.6 Å². The van der Waals surface area contributed by atoms with Crippen molar-refractivity contribution in [1.29, 1.82) is 0 Å². The van der Waals surface area contributed by atoms with Gasteiger partial charge in [0.05, 0.1) is 23.7 Å². The first-order valence-electron chi connectivity index (χ1n) is 10.7. The summed E-state index contributed by atoms with van der Waals surface area (Å²) in [6.45, 7) is 8.44. The van der Waals surface area contributed by atoms with Gasteiger partial charge in [0.1, 0.15) is 22.9 Å². The van der Waals surface area contributed by atoms with Gasteiger partial charge in [-0.2, -0.15) is 13.2 Å². The number of hydrogen-bond acceptors (Lipinski definition) is 6. The van der Waals surface area contributed by atoms with Gasteiger partial charge >= 0.3 is 6.18 Å². The van der Waals surface area contributed by atoms with Crippen molar-refractivity contribution in [3.05, 3.63) is 60.6 Å². The third kappa shape index (κ3) is 3.74. The molecule has 2 aliphatic heterocycles. The molecule has 2 aromatic heterocycles. The Kier molecular flexibility index (Phi) is 5.22. The van der Waals surface area contributed by atoms with Crippen LogP contribution < -0.4 is 15.0 Å². The normalized spacial score (nSPS) is 16.7. The molecule has 3 aromatic rings. The SMILES string of the molecule is C=C1CCOc2ccccc2C(=C)Nc2nc1nc1cnc(N3CCCC3=O)c(C(F)(F)F)c21. The molecular weight excluding hydrogens is 447 g/mol. The average Bonchev–Trinajstić information content (AvgIpc) is 3.22. The third-order valence-electron chi connectivity index (χ3n) is 5.79. The van der Waals surface area contributed by atoms with Gasteiger partial charge in [-0.25, -0.2) is 15.0 Å². The van der Waals surface area contributed by atoms with Crippen molar-refractivity contribution in [2.75, 3.05) is 23.4 Å². The number of anilines is 2. The molecule has 0 aliphatic carbocycles. The van der Waals surface area contributed by atoms with Crippen LogP contribution in [0.3, 0.4) is 0 Å². The molecule has 10 heteroatoms. The van der Waals surface area contributed by atoms with Crippen molar-refractivity contribution in [1.82, 2.24) is 15.0 Å². The van der Waals surface area contributed by atoms with Gasteiger partial charge in [0.25, 0.3) is 0 Å². The van der Waals surface area contributed by atoms with Crippen LogP contribution in [0.25, 0.3) is 22.2 Å². The minimum atomic E-state index is -4.82. The van der Waals surface area contributed by atoms with Crippen molar-refractivity contribution in [2.45, 2.75) is 25.4 Å². The van der Waals surface area contributed by atoms with E-state index in [0.29, 0.717) is 35.4 Å². The van der Waals surface area contributed by atoms with Crippen molar-refractivity contribution in [3.8, 4) is 5.75 Å². The molecule has 34 heavy (non-hydrogen) atoms. The number of aromatic nitrogens is 3. The zero-order valence-corrected chi connectivity index (χ0v) is 18.1. The van der Waals surface area contributed by atoms with Gasteiger partial charge in [-0.1, -0.05) is 25.3 Å². The number of hydrogen-bond donors (Lipinski definition) is 1. The fraction of sp³-hybridized carbons (Fsp3) is 0.250. The molecule has 7 nitrogen and oxygen atoms in total. The molecule has 0 radical (unpaired) electrons. The lowest BCUT2D eigenvalue weighted by atomic mass is 10.1. The zero-order chi connectivity index (χ0) is 24.0. The van der Waals surface area contributed by atoms with Crippen LogP contribution >= 0.6 is 0 Å². The number of benzene rings is 1. The summed E-state index contributed by atoms with van der Waals surface area (Å²) in [5, 5.41) is 2.66. The molecule has 1 amide bonds. The number of amides is 1. The Morgan fingerprint density at radius 3 is 2.65 bits per heavy atom. The summed E-state index contributed by atoms with van der Waals surface area (Å²) in [6.07, 6.45) is -2.58. The minimum Gasteiger partial charge on any atom is -0.493 e. The molecule has 2 bridgehead atoms. The summed E-state index contributed by atoms with van der Waals surface area (Å²) >= 11 is 0. The second kappa shape index (κ2) is 8.12. The van der Waals surface area contributed by atoms with Crippen LogP contribution in [0, 0.1) is 0 Å². The lowest BCUT2D eigenvalue weighted by molar-refractivity contribution is -0.136. The summed E-state index contributed by atoms with van der Waals surface area (Å²) in [5.41, 5.74) is 0.311. The number of nitrogens with one attached hydrogen (secondary N) is 1. The highest BCUT2D eigenvalue weighted by Gasteiger charge is 2.41. The lowest BCUT2D eigenvalue weighted by Crippen LogP contribution is -2.28. The standard InChI is InChI=1S/C24H20F3N5O2/c1-13-9-11-34-17-7-4-3-6-15(17)14(2)29-22-19-16(30-21(13)31-22)12-28-23(20(19)24(25,26)27)32-10-5-8-18(32)33/h3-4,6-7,12H,1-2,5,8-11H2,(H,29,30,31). The van der Waals surface area contributed by atoms with E-state index in [2.05, 4.69) is 33.4 Å². The van der Waals surface area contributed by atoms with Crippen LogP contribution in [0.5, 0.6) is 5.75 Å². The molecule has 174 valence electrons. The van der Waals surface area contributed by atoms with E-state index in [9.17, 15) is 18.0 Å². The van der Waals surface area contributed by atoms with E-state index in [1.54, 1.807) is 24.3 Å². The number of nitrogens with zero attached hydrogens (tertiary/aromatic N) is 4. The fourth-order valence-corrected chi connectivity index (χ4v) is 4.16. The highest BCUT2D eigenvalue weighted by molar-refractivity contribution is 6.02. The maximum Gasteiger partial charge on any atom is 0.420 e. The van der Waals surface area contributed by atoms with Crippen LogP contribution in [0.2, 0.25) is 0 Å². The maximum atomic E-state index is 14.5. The quantitative estimate of drug-likeness (QED) is 0.540. The van der Waals surface area contributed by atoms with E-state index in [0.717, 1.165) is 4.90 Å². The Balaban J connectivity index is 1.78. The van der Waals surface area contributed by atoms with Gasteiger partial charge in [-0.05, 0) is 24.1 Å². The number of carbonyl (C=O) groups is 1. The van der Waals surface area contributed by atoms with Crippen molar-refractivity contribution < 1.29 is 22.7 Å². The molecule has 1 fully saturated rings. The molecular formula is C24H20F3N5O2. The molecule has 1 aromatic carbocycles. The predicted molar refractivity (Wildman–Crippen MR) is 122 cm³/mol. The molecule has 0 atom stereocenters. The van der Waals surface area contributed by atoms with E-state index in [-0.39, 0.29) is 42.1 Å². The number of halogens is 3.